The molecule has 0 aliphatic heterocycles. The summed E-state index contributed by atoms with van der Waals surface area (Å²) in [5.41, 5.74) is 1.08. The lowest BCUT2D eigenvalue weighted by Crippen LogP contribution is -2.15. The van der Waals surface area contributed by atoms with Gasteiger partial charge in [0.2, 0.25) is 10.0 Å². The summed E-state index contributed by atoms with van der Waals surface area (Å²) in [4.78, 5) is 0. The third-order valence-electron chi connectivity index (χ3n) is 1.77. The van der Waals surface area contributed by atoms with E-state index < -0.39 is 10.0 Å². The SMILES string of the molecule is Cc1c(O)cccc1CS(N)(=O)=O. The van der Waals surface area contributed by atoms with Crippen LogP contribution in [0.2, 0.25) is 0 Å². The van der Waals surface area contributed by atoms with Crippen LogP contribution in [0.4, 0.5) is 0 Å². The van der Waals surface area contributed by atoms with E-state index >= 15 is 0 Å². The van der Waals surface area contributed by atoms with Crippen LogP contribution < -0.4 is 5.14 Å². The zero-order valence-electron chi connectivity index (χ0n) is 7.19. The number of primary sulfonamides is 1. The van der Waals surface area contributed by atoms with Gasteiger partial charge in [-0.2, -0.15) is 0 Å². The van der Waals surface area contributed by atoms with Gasteiger partial charge in [-0.1, -0.05) is 12.1 Å². The Bertz CT molecular complexity index is 411. The van der Waals surface area contributed by atoms with Crippen molar-refractivity contribution in [3.8, 4) is 5.75 Å². The van der Waals surface area contributed by atoms with Crippen LogP contribution in [0.3, 0.4) is 0 Å². The molecule has 0 heterocycles. The van der Waals surface area contributed by atoms with Crippen molar-refractivity contribution < 1.29 is 13.5 Å². The highest BCUT2D eigenvalue weighted by atomic mass is 32.2. The molecule has 13 heavy (non-hydrogen) atoms. The Morgan fingerprint density at radius 3 is 2.62 bits per heavy atom. The first-order chi connectivity index (χ1) is 5.90. The Labute approximate surface area is 77.1 Å². The Balaban J connectivity index is 3.10. The van der Waals surface area contributed by atoms with Gasteiger partial charge in [-0.3, -0.25) is 0 Å². The standard InChI is InChI=1S/C8H11NO3S/c1-6-7(5-13(9,11)12)3-2-4-8(6)10/h2-4,10H,5H2,1H3,(H2,9,11,12). The Morgan fingerprint density at radius 2 is 2.08 bits per heavy atom. The van der Waals surface area contributed by atoms with Gasteiger partial charge in [-0.25, -0.2) is 13.6 Å². The molecule has 5 heteroatoms. The monoisotopic (exact) mass is 201 g/mol. The second-order valence-corrected chi connectivity index (χ2v) is 4.48. The van der Waals surface area contributed by atoms with Gasteiger partial charge in [0, 0.05) is 0 Å². The molecule has 0 aliphatic carbocycles. The molecule has 0 bridgehead atoms. The average molecular weight is 201 g/mol. The van der Waals surface area contributed by atoms with Gasteiger partial charge in [0.05, 0.1) is 5.75 Å². The van der Waals surface area contributed by atoms with Gasteiger partial charge in [0.1, 0.15) is 5.75 Å². The maximum absolute atomic E-state index is 10.8. The van der Waals surface area contributed by atoms with Crippen molar-refractivity contribution in [3.63, 3.8) is 0 Å². The summed E-state index contributed by atoms with van der Waals surface area (Å²) in [6, 6.07) is 4.71. The van der Waals surface area contributed by atoms with Gasteiger partial charge in [0.15, 0.2) is 0 Å². The molecule has 0 atom stereocenters. The maximum Gasteiger partial charge on any atom is 0.213 e. The number of phenols is 1. The van der Waals surface area contributed by atoms with E-state index in [0.717, 1.165) is 0 Å². The number of aromatic hydroxyl groups is 1. The lowest BCUT2D eigenvalue weighted by atomic mass is 10.1. The smallest absolute Gasteiger partial charge is 0.213 e. The molecule has 3 N–H and O–H groups in total. The molecule has 0 fully saturated rings. The van der Waals surface area contributed by atoms with Crippen LogP contribution >= 0.6 is 0 Å². The van der Waals surface area contributed by atoms with Crippen LogP contribution in [0.25, 0.3) is 0 Å². The molecule has 0 spiro atoms. The lowest BCUT2D eigenvalue weighted by molar-refractivity contribution is 0.470. The molecule has 1 rings (SSSR count). The number of rotatable bonds is 2. The van der Waals surface area contributed by atoms with Crippen molar-refractivity contribution in [2.75, 3.05) is 0 Å². The number of hydrogen-bond donors (Lipinski definition) is 2. The topological polar surface area (TPSA) is 80.4 Å². The second-order valence-electron chi connectivity index (χ2n) is 2.87. The number of hydrogen-bond acceptors (Lipinski definition) is 3. The number of benzene rings is 1. The normalized spacial score (nSPS) is 11.5. The first kappa shape index (κ1) is 10.0. The third kappa shape index (κ3) is 2.71. The molecule has 0 saturated heterocycles. The minimum Gasteiger partial charge on any atom is -0.508 e. The fourth-order valence-corrected chi connectivity index (χ4v) is 1.79. The summed E-state index contributed by atoms with van der Waals surface area (Å²) in [7, 11) is -3.53. The van der Waals surface area contributed by atoms with Crippen LogP contribution in [0, 0.1) is 6.92 Å². The highest BCUT2D eigenvalue weighted by Gasteiger charge is 2.09. The van der Waals surface area contributed by atoms with E-state index in [2.05, 4.69) is 0 Å². The van der Waals surface area contributed by atoms with Crippen LogP contribution in [0.5, 0.6) is 5.75 Å². The highest BCUT2D eigenvalue weighted by Crippen LogP contribution is 2.20. The van der Waals surface area contributed by atoms with Crippen LogP contribution in [-0.2, 0) is 15.8 Å². The van der Waals surface area contributed by atoms with Gasteiger partial charge >= 0.3 is 0 Å². The summed E-state index contributed by atoms with van der Waals surface area (Å²) >= 11 is 0. The Morgan fingerprint density at radius 1 is 1.46 bits per heavy atom. The van der Waals surface area contributed by atoms with Crippen molar-refractivity contribution in [1.82, 2.24) is 0 Å². The van der Waals surface area contributed by atoms with Gasteiger partial charge in [-0.05, 0) is 24.1 Å². The van der Waals surface area contributed by atoms with E-state index in [9.17, 15) is 13.5 Å². The van der Waals surface area contributed by atoms with Crippen molar-refractivity contribution >= 4 is 10.0 Å². The first-order valence-electron chi connectivity index (χ1n) is 3.68. The zero-order valence-corrected chi connectivity index (χ0v) is 8.00. The lowest BCUT2D eigenvalue weighted by Gasteiger charge is -2.05. The quantitative estimate of drug-likeness (QED) is 0.730. The number of phenolic OH excluding ortho intramolecular Hbond substituents is 1. The summed E-state index contributed by atoms with van der Waals surface area (Å²) in [5.74, 6) is -0.158. The Kier molecular flexibility index (Phi) is 2.58. The molecular weight excluding hydrogens is 190 g/mol. The minimum absolute atomic E-state index is 0.0844. The van der Waals surface area contributed by atoms with Crippen LogP contribution in [0.15, 0.2) is 18.2 Å². The van der Waals surface area contributed by atoms with E-state index in [1.54, 1.807) is 19.1 Å². The van der Waals surface area contributed by atoms with Crippen molar-refractivity contribution in [2.24, 2.45) is 5.14 Å². The molecule has 0 unspecified atom stereocenters. The largest absolute Gasteiger partial charge is 0.508 e. The summed E-state index contributed by atoms with van der Waals surface area (Å²) in [6.07, 6.45) is 0. The zero-order chi connectivity index (χ0) is 10.1. The molecular formula is C8H11NO3S. The predicted molar refractivity (Wildman–Crippen MR) is 49.7 cm³/mol. The molecule has 1 aromatic rings. The number of nitrogens with two attached hydrogens (primary N) is 1. The van der Waals surface area contributed by atoms with Crippen LogP contribution in [-0.4, -0.2) is 13.5 Å². The van der Waals surface area contributed by atoms with Crippen molar-refractivity contribution in [2.45, 2.75) is 12.7 Å². The minimum atomic E-state index is -3.53. The molecule has 0 aromatic heterocycles. The van der Waals surface area contributed by atoms with Crippen LogP contribution in [0.1, 0.15) is 11.1 Å². The summed E-state index contributed by atoms with van der Waals surface area (Å²) < 4.78 is 21.5. The number of sulfonamides is 1. The van der Waals surface area contributed by atoms with Gasteiger partial charge in [0.25, 0.3) is 0 Å². The van der Waals surface area contributed by atoms with Gasteiger partial charge < -0.3 is 5.11 Å². The predicted octanol–water partition coefficient (Wildman–Crippen LogP) is 0.489. The van der Waals surface area contributed by atoms with Crippen molar-refractivity contribution in [3.05, 3.63) is 29.3 Å². The fourth-order valence-electron chi connectivity index (χ4n) is 1.04. The molecule has 0 saturated carbocycles. The van der Waals surface area contributed by atoms with E-state index in [1.807, 2.05) is 0 Å². The highest BCUT2D eigenvalue weighted by molar-refractivity contribution is 7.88. The summed E-state index contributed by atoms with van der Waals surface area (Å²) in [5, 5.41) is 14.1. The van der Waals surface area contributed by atoms with E-state index in [-0.39, 0.29) is 11.5 Å². The molecule has 72 valence electrons. The second kappa shape index (κ2) is 3.35. The van der Waals surface area contributed by atoms with E-state index in [0.29, 0.717) is 11.1 Å². The molecule has 1 aromatic carbocycles. The average Bonchev–Trinajstić information content (AvgIpc) is 1.96. The fraction of sp³-hybridized carbons (Fsp3) is 0.250. The summed E-state index contributed by atoms with van der Waals surface area (Å²) in [6.45, 7) is 1.65. The molecule has 0 amide bonds. The molecule has 0 radical (unpaired) electrons. The van der Waals surface area contributed by atoms with Crippen molar-refractivity contribution in [1.29, 1.82) is 0 Å². The Hall–Kier alpha value is -1.07. The van der Waals surface area contributed by atoms with E-state index in [4.69, 9.17) is 5.14 Å². The molecule has 0 aliphatic rings. The maximum atomic E-state index is 10.8. The third-order valence-corrected chi connectivity index (χ3v) is 2.49. The first-order valence-corrected chi connectivity index (χ1v) is 5.39. The van der Waals surface area contributed by atoms with E-state index in [1.165, 1.54) is 6.07 Å². The van der Waals surface area contributed by atoms with Gasteiger partial charge in [-0.15, -0.1) is 0 Å². The molecule has 4 nitrogen and oxygen atoms in total.